The van der Waals surface area contributed by atoms with E-state index in [0.29, 0.717) is 5.95 Å². The first-order valence-corrected chi connectivity index (χ1v) is 21.8. The van der Waals surface area contributed by atoms with Gasteiger partial charge in [-0.15, -0.1) is 11.3 Å². The molecule has 286 valence electrons. The number of allylic oxidation sites excluding steroid dienone is 1. The van der Waals surface area contributed by atoms with Gasteiger partial charge in [0.05, 0.1) is 27.8 Å². The predicted octanol–water partition coefficient (Wildman–Crippen LogP) is 15.0. The fourth-order valence-corrected chi connectivity index (χ4v) is 10.9. The van der Waals surface area contributed by atoms with Crippen LogP contribution in [0.15, 0.2) is 188 Å². The van der Waals surface area contributed by atoms with Gasteiger partial charge >= 0.3 is 0 Å². The van der Waals surface area contributed by atoms with E-state index in [2.05, 4.69) is 203 Å². The van der Waals surface area contributed by atoms with Gasteiger partial charge in [0.25, 0.3) is 0 Å². The molecule has 5 heteroatoms. The minimum atomic E-state index is 0.680. The number of hydrogen-bond donors (Lipinski definition) is 0. The minimum absolute atomic E-state index is 0.680. The molecule has 13 rings (SSSR count). The first-order valence-electron chi connectivity index (χ1n) is 21.0. The van der Waals surface area contributed by atoms with Gasteiger partial charge in [-0.25, -0.2) is 9.97 Å². The summed E-state index contributed by atoms with van der Waals surface area (Å²) in [6.45, 7) is 0. The van der Waals surface area contributed by atoms with E-state index < -0.39 is 0 Å². The molecule has 0 spiro atoms. The average Bonchev–Trinajstić information content (AvgIpc) is 4.02. The van der Waals surface area contributed by atoms with Crippen LogP contribution in [0, 0.1) is 0 Å². The van der Waals surface area contributed by atoms with Crippen LogP contribution in [-0.4, -0.2) is 19.1 Å². The number of fused-ring (bicyclic) bond motifs is 11. The van der Waals surface area contributed by atoms with E-state index in [1.54, 1.807) is 11.3 Å². The van der Waals surface area contributed by atoms with Crippen molar-refractivity contribution < 1.29 is 0 Å². The van der Waals surface area contributed by atoms with Gasteiger partial charge in [0, 0.05) is 43.1 Å². The molecule has 4 heterocycles. The van der Waals surface area contributed by atoms with Crippen LogP contribution in [0.5, 0.6) is 0 Å². The number of thiophene rings is 1. The fourth-order valence-electron chi connectivity index (χ4n) is 9.91. The van der Waals surface area contributed by atoms with Gasteiger partial charge in [-0.1, -0.05) is 146 Å². The van der Waals surface area contributed by atoms with Crippen LogP contribution in [0.2, 0.25) is 0 Å². The highest BCUT2D eigenvalue weighted by Crippen LogP contribution is 2.45. The molecule has 0 fully saturated rings. The van der Waals surface area contributed by atoms with Crippen molar-refractivity contribution in [2.75, 3.05) is 0 Å². The molecule has 0 N–H and O–H groups in total. The zero-order chi connectivity index (χ0) is 40.0. The molecule has 12 aromatic rings. The van der Waals surface area contributed by atoms with Crippen LogP contribution < -0.4 is 0 Å². The molecule has 0 radical (unpaired) electrons. The lowest BCUT2D eigenvalue weighted by atomic mass is 9.92. The van der Waals surface area contributed by atoms with E-state index >= 15 is 0 Å². The first kappa shape index (κ1) is 34.3. The van der Waals surface area contributed by atoms with Crippen molar-refractivity contribution in [3.63, 3.8) is 0 Å². The molecule has 8 aromatic carbocycles. The third-order valence-corrected chi connectivity index (χ3v) is 13.7. The number of rotatable bonds is 5. The number of benzene rings is 8. The number of aromatic nitrogens is 4. The molecule has 4 nitrogen and oxygen atoms in total. The van der Waals surface area contributed by atoms with Gasteiger partial charge in [0.1, 0.15) is 4.83 Å². The van der Waals surface area contributed by atoms with Gasteiger partial charge in [-0.3, -0.25) is 4.57 Å². The average molecular weight is 797 g/mol. The molecule has 0 bridgehead atoms. The Morgan fingerprint density at radius 1 is 0.475 bits per heavy atom. The van der Waals surface area contributed by atoms with Crippen LogP contribution in [0.3, 0.4) is 0 Å². The molecular formula is C56H36N4S. The normalized spacial score (nSPS) is 12.7. The van der Waals surface area contributed by atoms with Crippen molar-refractivity contribution in [1.82, 2.24) is 19.1 Å². The summed E-state index contributed by atoms with van der Waals surface area (Å²) in [7, 11) is 0. The van der Waals surface area contributed by atoms with Crippen LogP contribution in [-0.2, 0) is 6.42 Å². The molecule has 0 saturated heterocycles. The Kier molecular flexibility index (Phi) is 7.57. The SMILES string of the molecule is C1=Cc2c(ccc3c2c2cc(-c4cccc5c4c4c6ccccc6ccc4n5-c4ccccc4)ccc2n3-c2nc(-c3ccccc3)c3cc(-c4ccccc4)sc3n2)CC1. The Morgan fingerprint density at radius 3 is 2.05 bits per heavy atom. The Balaban J connectivity index is 1.10. The van der Waals surface area contributed by atoms with Gasteiger partial charge in [-0.05, 0) is 100.0 Å². The summed E-state index contributed by atoms with van der Waals surface area (Å²) in [6.07, 6.45) is 6.73. The second-order valence-corrected chi connectivity index (χ2v) is 17.1. The molecule has 0 atom stereocenters. The lowest BCUT2D eigenvalue weighted by Gasteiger charge is -2.13. The smallest absolute Gasteiger partial charge is 0.236 e. The van der Waals surface area contributed by atoms with E-state index in [1.165, 1.54) is 76.0 Å². The van der Waals surface area contributed by atoms with E-state index in [0.717, 1.165) is 51.0 Å². The number of para-hydroxylation sites is 1. The quantitative estimate of drug-likeness (QED) is 0.174. The fraction of sp³-hybridized carbons (Fsp3) is 0.0357. The second-order valence-electron chi connectivity index (χ2n) is 16.0. The molecule has 1 aliphatic carbocycles. The van der Waals surface area contributed by atoms with Crippen LogP contribution in [0.4, 0.5) is 0 Å². The molecule has 0 unspecified atom stereocenters. The van der Waals surface area contributed by atoms with Crippen molar-refractivity contribution in [3.05, 3.63) is 199 Å². The third-order valence-electron chi connectivity index (χ3n) is 12.6. The summed E-state index contributed by atoms with van der Waals surface area (Å²) in [5, 5.41) is 8.55. The summed E-state index contributed by atoms with van der Waals surface area (Å²) in [5.74, 6) is 0.680. The molecular weight excluding hydrogens is 761 g/mol. The summed E-state index contributed by atoms with van der Waals surface area (Å²) in [6, 6.07) is 66.0. The molecule has 1 aliphatic rings. The Morgan fingerprint density at radius 2 is 1.20 bits per heavy atom. The van der Waals surface area contributed by atoms with E-state index in [4.69, 9.17) is 9.97 Å². The minimum Gasteiger partial charge on any atom is -0.309 e. The highest BCUT2D eigenvalue weighted by atomic mass is 32.1. The lowest BCUT2D eigenvalue weighted by molar-refractivity contribution is 0.986. The largest absolute Gasteiger partial charge is 0.309 e. The molecule has 0 saturated carbocycles. The summed E-state index contributed by atoms with van der Waals surface area (Å²) < 4.78 is 4.73. The number of aryl methyl sites for hydroxylation is 1. The maximum Gasteiger partial charge on any atom is 0.236 e. The highest BCUT2D eigenvalue weighted by Gasteiger charge is 2.24. The molecule has 4 aromatic heterocycles. The predicted molar refractivity (Wildman–Crippen MR) is 257 cm³/mol. The Labute approximate surface area is 355 Å². The van der Waals surface area contributed by atoms with Crippen molar-refractivity contribution >= 4 is 82.0 Å². The second kappa shape index (κ2) is 13.5. The van der Waals surface area contributed by atoms with Crippen molar-refractivity contribution in [3.8, 4) is 44.5 Å². The summed E-state index contributed by atoms with van der Waals surface area (Å²) >= 11 is 1.73. The van der Waals surface area contributed by atoms with Gasteiger partial charge in [-0.2, -0.15) is 0 Å². The number of hydrogen-bond acceptors (Lipinski definition) is 3. The number of nitrogens with zero attached hydrogens (tertiary/aromatic N) is 4. The van der Waals surface area contributed by atoms with Crippen LogP contribution >= 0.6 is 11.3 Å². The first-order chi connectivity index (χ1) is 30.3. The Bertz CT molecular complexity index is 3740. The van der Waals surface area contributed by atoms with Crippen LogP contribution in [0.25, 0.3) is 115 Å². The molecule has 61 heavy (non-hydrogen) atoms. The monoisotopic (exact) mass is 796 g/mol. The highest BCUT2D eigenvalue weighted by molar-refractivity contribution is 7.21. The molecule has 0 aliphatic heterocycles. The zero-order valence-corrected chi connectivity index (χ0v) is 33.9. The van der Waals surface area contributed by atoms with Crippen molar-refractivity contribution in [2.45, 2.75) is 12.8 Å². The lowest BCUT2D eigenvalue weighted by Crippen LogP contribution is -2.03. The Hall–Kier alpha value is -7.60. The third kappa shape index (κ3) is 5.24. The van der Waals surface area contributed by atoms with Gasteiger partial charge in [0.15, 0.2) is 0 Å². The van der Waals surface area contributed by atoms with Crippen molar-refractivity contribution in [2.24, 2.45) is 0 Å². The summed E-state index contributed by atoms with van der Waals surface area (Å²) in [4.78, 5) is 13.1. The van der Waals surface area contributed by atoms with E-state index in [1.807, 2.05) is 0 Å². The standard InChI is InChI=1S/C56H36N4S/c1-4-17-37(18-5-1)50-34-45-54(38-19-6-2-7-20-38)57-56(58-55(45)61-50)60-46-30-29-39(33-44(46)51-41-23-12-10-15-35(41)27-31-48(51)60)43-25-14-26-47-53(43)52-42-24-13-11-16-36(42)28-32-49(52)59(47)40-21-8-3-9-22-40/h1-9,11-14,16-34H,10,15H2. The van der Waals surface area contributed by atoms with E-state index in [-0.39, 0.29) is 0 Å². The zero-order valence-electron chi connectivity index (χ0n) is 33.1. The molecule has 0 amide bonds. The van der Waals surface area contributed by atoms with E-state index in [9.17, 15) is 0 Å². The maximum atomic E-state index is 5.49. The maximum absolute atomic E-state index is 5.49. The van der Waals surface area contributed by atoms with Crippen molar-refractivity contribution in [1.29, 1.82) is 0 Å². The van der Waals surface area contributed by atoms with Crippen LogP contribution in [0.1, 0.15) is 17.5 Å². The summed E-state index contributed by atoms with van der Waals surface area (Å²) in [5.41, 5.74) is 14.0. The van der Waals surface area contributed by atoms with Gasteiger partial charge in [0.2, 0.25) is 5.95 Å². The van der Waals surface area contributed by atoms with Gasteiger partial charge < -0.3 is 4.57 Å². The topological polar surface area (TPSA) is 35.6 Å².